The third-order valence-corrected chi connectivity index (χ3v) is 2.91. The zero-order valence-electron chi connectivity index (χ0n) is 11.7. The molecule has 0 radical (unpaired) electrons. The molecule has 0 aliphatic heterocycles. The summed E-state index contributed by atoms with van der Waals surface area (Å²) in [5.41, 5.74) is 0.609. The number of carbonyl (C=O) groups excluding carboxylic acids is 1. The van der Waals surface area contributed by atoms with Gasteiger partial charge < -0.3 is 5.32 Å². The van der Waals surface area contributed by atoms with Crippen LogP contribution in [0.3, 0.4) is 0 Å². The molecular weight excluding hydrogens is 226 g/mol. The van der Waals surface area contributed by atoms with Crippen LogP contribution < -0.4 is 5.32 Å². The van der Waals surface area contributed by atoms with E-state index in [1.807, 2.05) is 0 Å². The van der Waals surface area contributed by atoms with Crippen molar-refractivity contribution in [1.82, 2.24) is 15.2 Å². The van der Waals surface area contributed by atoms with Crippen molar-refractivity contribution in [2.45, 2.75) is 39.8 Å². The van der Waals surface area contributed by atoms with E-state index < -0.39 is 0 Å². The average molecular weight is 249 g/mol. The molecule has 0 bridgehead atoms. The molecule has 0 aromatic carbocycles. The monoisotopic (exact) mass is 249 g/mol. The van der Waals surface area contributed by atoms with Crippen molar-refractivity contribution in [3.05, 3.63) is 30.1 Å². The number of hydrogen-bond acceptors (Lipinski definition) is 3. The molecule has 100 valence electrons. The van der Waals surface area contributed by atoms with Crippen LogP contribution >= 0.6 is 0 Å². The number of hydrogen-bond donors (Lipinski definition) is 1. The SMILES string of the molecule is CC(C)N(CCNC(=O)c1cccnc1)C(C)C. The fourth-order valence-electron chi connectivity index (χ4n) is 2.01. The summed E-state index contributed by atoms with van der Waals surface area (Å²) in [5, 5.41) is 2.92. The molecule has 0 saturated heterocycles. The standard InChI is InChI=1S/C14H23N3O/c1-11(2)17(12(3)4)9-8-16-14(18)13-6-5-7-15-10-13/h5-7,10-12H,8-9H2,1-4H3,(H,16,18). The van der Waals surface area contributed by atoms with Gasteiger partial charge in [-0.3, -0.25) is 14.7 Å². The third-order valence-electron chi connectivity index (χ3n) is 2.91. The molecule has 0 spiro atoms. The van der Waals surface area contributed by atoms with E-state index in [4.69, 9.17) is 0 Å². The van der Waals surface area contributed by atoms with E-state index in [2.05, 4.69) is 42.9 Å². The normalized spacial score (nSPS) is 11.3. The van der Waals surface area contributed by atoms with Crippen molar-refractivity contribution in [2.75, 3.05) is 13.1 Å². The van der Waals surface area contributed by atoms with Gasteiger partial charge in [0.1, 0.15) is 0 Å². The van der Waals surface area contributed by atoms with Crippen molar-refractivity contribution >= 4 is 5.91 Å². The Morgan fingerprint density at radius 1 is 1.33 bits per heavy atom. The molecule has 0 saturated carbocycles. The number of carbonyl (C=O) groups is 1. The summed E-state index contributed by atoms with van der Waals surface area (Å²) in [6, 6.07) is 4.51. The maximum atomic E-state index is 11.8. The molecule has 18 heavy (non-hydrogen) atoms. The van der Waals surface area contributed by atoms with Crippen molar-refractivity contribution in [3.63, 3.8) is 0 Å². The summed E-state index contributed by atoms with van der Waals surface area (Å²) in [6.07, 6.45) is 3.24. The van der Waals surface area contributed by atoms with E-state index in [1.54, 1.807) is 24.5 Å². The quantitative estimate of drug-likeness (QED) is 0.838. The minimum absolute atomic E-state index is 0.0597. The molecule has 0 aliphatic rings. The van der Waals surface area contributed by atoms with Gasteiger partial charge in [-0.2, -0.15) is 0 Å². The van der Waals surface area contributed by atoms with Crippen molar-refractivity contribution in [2.24, 2.45) is 0 Å². The Morgan fingerprint density at radius 3 is 2.50 bits per heavy atom. The van der Waals surface area contributed by atoms with Crippen molar-refractivity contribution < 1.29 is 4.79 Å². The number of rotatable bonds is 6. The van der Waals surface area contributed by atoms with E-state index in [0.717, 1.165) is 6.54 Å². The molecule has 4 heteroatoms. The Bertz CT molecular complexity index is 355. The second-order valence-corrected chi connectivity index (χ2v) is 4.92. The van der Waals surface area contributed by atoms with Gasteiger partial charge in [-0.25, -0.2) is 0 Å². The summed E-state index contributed by atoms with van der Waals surface area (Å²) in [5.74, 6) is -0.0597. The summed E-state index contributed by atoms with van der Waals surface area (Å²) in [4.78, 5) is 18.1. The lowest BCUT2D eigenvalue weighted by molar-refractivity contribution is 0.0939. The first kappa shape index (κ1) is 14.6. The second kappa shape index (κ2) is 7.11. The molecule has 1 aromatic heterocycles. The van der Waals surface area contributed by atoms with Crippen LogP contribution in [0.2, 0.25) is 0 Å². The van der Waals surface area contributed by atoms with Crippen LogP contribution in [0.1, 0.15) is 38.1 Å². The Hall–Kier alpha value is -1.42. The largest absolute Gasteiger partial charge is 0.351 e. The van der Waals surface area contributed by atoms with Crippen LogP contribution in [0, 0.1) is 0 Å². The maximum absolute atomic E-state index is 11.8. The highest BCUT2D eigenvalue weighted by Crippen LogP contribution is 2.03. The van der Waals surface area contributed by atoms with Gasteiger partial charge >= 0.3 is 0 Å². The van der Waals surface area contributed by atoms with Crippen LogP contribution in [0.4, 0.5) is 0 Å². The number of nitrogens with one attached hydrogen (secondary N) is 1. The fourth-order valence-corrected chi connectivity index (χ4v) is 2.01. The van der Waals surface area contributed by atoms with Gasteiger partial charge in [0.25, 0.3) is 5.91 Å². The lowest BCUT2D eigenvalue weighted by Crippen LogP contribution is -2.42. The van der Waals surface area contributed by atoms with Gasteiger partial charge in [-0.1, -0.05) is 0 Å². The third kappa shape index (κ3) is 4.45. The lowest BCUT2D eigenvalue weighted by Gasteiger charge is -2.30. The first-order valence-electron chi connectivity index (χ1n) is 6.46. The number of nitrogens with zero attached hydrogens (tertiary/aromatic N) is 2. The Morgan fingerprint density at radius 2 is 2.00 bits per heavy atom. The Kier molecular flexibility index (Phi) is 5.78. The van der Waals surface area contributed by atoms with Crippen LogP contribution in [0.15, 0.2) is 24.5 Å². The molecule has 0 fully saturated rings. The van der Waals surface area contributed by atoms with Gasteiger partial charge in [0.05, 0.1) is 5.56 Å². The number of amides is 1. The van der Waals surface area contributed by atoms with Crippen LogP contribution in [-0.4, -0.2) is 41.0 Å². The van der Waals surface area contributed by atoms with Gasteiger partial charge in [0.2, 0.25) is 0 Å². The highest BCUT2D eigenvalue weighted by atomic mass is 16.1. The maximum Gasteiger partial charge on any atom is 0.252 e. The summed E-state index contributed by atoms with van der Waals surface area (Å²) in [6.45, 7) is 10.2. The lowest BCUT2D eigenvalue weighted by atomic mass is 10.2. The van der Waals surface area contributed by atoms with Gasteiger partial charge in [0, 0.05) is 37.6 Å². The topological polar surface area (TPSA) is 45.2 Å². The van der Waals surface area contributed by atoms with Crippen molar-refractivity contribution in [1.29, 1.82) is 0 Å². The molecule has 0 aliphatic carbocycles. The van der Waals surface area contributed by atoms with E-state index in [9.17, 15) is 4.79 Å². The predicted molar refractivity (Wildman–Crippen MR) is 73.5 cm³/mol. The van der Waals surface area contributed by atoms with Crippen molar-refractivity contribution in [3.8, 4) is 0 Å². The zero-order chi connectivity index (χ0) is 13.5. The number of pyridine rings is 1. The Labute approximate surface area is 109 Å². The molecular formula is C14H23N3O. The molecule has 4 nitrogen and oxygen atoms in total. The van der Waals surface area contributed by atoms with Crippen LogP contribution in [-0.2, 0) is 0 Å². The van der Waals surface area contributed by atoms with Crippen LogP contribution in [0.5, 0.6) is 0 Å². The molecule has 1 N–H and O–H groups in total. The molecule has 0 unspecified atom stereocenters. The minimum atomic E-state index is -0.0597. The second-order valence-electron chi connectivity index (χ2n) is 4.92. The van der Waals surface area contributed by atoms with E-state index >= 15 is 0 Å². The first-order chi connectivity index (χ1) is 8.52. The van der Waals surface area contributed by atoms with Gasteiger partial charge in [-0.15, -0.1) is 0 Å². The molecule has 1 heterocycles. The minimum Gasteiger partial charge on any atom is -0.351 e. The predicted octanol–water partition coefficient (Wildman–Crippen LogP) is 1.93. The van der Waals surface area contributed by atoms with Gasteiger partial charge in [-0.05, 0) is 39.8 Å². The molecule has 1 amide bonds. The summed E-state index contributed by atoms with van der Waals surface area (Å²) < 4.78 is 0. The number of aromatic nitrogens is 1. The first-order valence-corrected chi connectivity index (χ1v) is 6.46. The smallest absolute Gasteiger partial charge is 0.252 e. The molecule has 1 rings (SSSR count). The molecule has 0 atom stereocenters. The van der Waals surface area contributed by atoms with Crippen LogP contribution in [0.25, 0.3) is 0 Å². The van der Waals surface area contributed by atoms with Gasteiger partial charge in [0.15, 0.2) is 0 Å². The summed E-state index contributed by atoms with van der Waals surface area (Å²) in [7, 11) is 0. The highest BCUT2D eigenvalue weighted by Gasteiger charge is 2.13. The summed E-state index contributed by atoms with van der Waals surface area (Å²) >= 11 is 0. The average Bonchev–Trinajstić information content (AvgIpc) is 2.34. The zero-order valence-corrected chi connectivity index (χ0v) is 11.7. The molecule has 1 aromatic rings. The van der Waals surface area contributed by atoms with E-state index in [0.29, 0.717) is 24.2 Å². The van der Waals surface area contributed by atoms with E-state index in [-0.39, 0.29) is 5.91 Å². The van der Waals surface area contributed by atoms with E-state index in [1.165, 1.54) is 0 Å². The Balaban J connectivity index is 2.40. The fraction of sp³-hybridized carbons (Fsp3) is 0.571. The highest BCUT2D eigenvalue weighted by molar-refractivity contribution is 5.93.